The average molecular weight is 479 g/mol. The highest BCUT2D eigenvalue weighted by Gasteiger charge is 2.36. The third-order valence-electron chi connectivity index (χ3n) is 7.80. The molecule has 35 heavy (non-hydrogen) atoms. The zero-order chi connectivity index (χ0) is 25.0. The van der Waals surface area contributed by atoms with Crippen LogP contribution in [0.15, 0.2) is 48.5 Å². The fraction of sp³-hybridized carbons (Fsp3) is 0.464. The van der Waals surface area contributed by atoms with Crippen molar-refractivity contribution in [1.29, 1.82) is 0 Å². The number of carboxylic acids is 1. The smallest absolute Gasteiger partial charge is 0.407 e. The van der Waals surface area contributed by atoms with Gasteiger partial charge in [-0.25, -0.2) is 4.79 Å². The summed E-state index contributed by atoms with van der Waals surface area (Å²) >= 11 is 0. The van der Waals surface area contributed by atoms with Gasteiger partial charge in [-0.1, -0.05) is 61.9 Å². The molecule has 7 heteroatoms. The van der Waals surface area contributed by atoms with Crippen molar-refractivity contribution in [3.63, 3.8) is 0 Å². The number of hydrogen-bond acceptors (Lipinski definition) is 4. The summed E-state index contributed by atoms with van der Waals surface area (Å²) in [5.41, 5.74) is 3.80. The number of carbonyl (C=O) groups is 3. The second-order valence-corrected chi connectivity index (χ2v) is 9.94. The van der Waals surface area contributed by atoms with Gasteiger partial charge in [0.15, 0.2) is 0 Å². The van der Waals surface area contributed by atoms with Crippen molar-refractivity contribution in [3.8, 4) is 11.1 Å². The number of aliphatic carboxylic acids is 1. The lowest BCUT2D eigenvalue weighted by Crippen LogP contribution is -2.48. The summed E-state index contributed by atoms with van der Waals surface area (Å²) in [4.78, 5) is 36.9. The van der Waals surface area contributed by atoms with E-state index in [1.165, 1.54) is 11.1 Å². The first-order chi connectivity index (χ1) is 16.8. The van der Waals surface area contributed by atoms with E-state index in [-0.39, 0.29) is 30.9 Å². The Balaban J connectivity index is 1.30. The topological polar surface area (TPSA) is 105 Å². The maximum atomic E-state index is 12.9. The molecule has 7 nitrogen and oxygen atoms in total. The average Bonchev–Trinajstić information content (AvgIpc) is 3.47. The first-order valence-electron chi connectivity index (χ1n) is 12.4. The van der Waals surface area contributed by atoms with Crippen LogP contribution >= 0.6 is 0 Å². The zero-order valence-corrected chi connectivity index (χ0v) is 20.4. The largest absolute Gasteiger partial charge is 0.481 e. The highest BCUT2D eigenvalue weighted by Crippen LogP contribution is 2.44. The molecule has 3 N–H and O–H groups in total. The van der Waals surface area contributed by atoms with Gasteiger partial charge < -0.3 is 20.5 Å². The molecule has 0 bridgehead atoms. The molecule has 2 aliphatic rings. The minimum Gasteiger partial charge on any atom is -0.481 e. The van der Waals surface area contributed by atoms with Crippen molar-refractivity contribution in [3.05, 3.63) is 59.7 Å². The Kier molecular flexibility index (Phi) is 7.43. The molecule has 0 aromatic heterocycles. The van der Waals surface area contributed by atoms with Gasteiger partial charge in [0.1, 0.15) is 6.61 Å². The van der Waals surface area contributed by atoms with Gasteiger partial charge in [-0.05, 0) is 54.4 Å². The van der Waals surface area contributed by atoms with Crippen molar-refractivity contribution < 1.29 is 24.2 Å². The minimum atomic E-state index is -0.817. The molecule has 0 radical (unpaired) electrons. The van der Waals surface area contributed by atoms with E-state index in [0.717, 1.165) is 24.0 Å². The number of alkyl carbamates (subject to hydrolysis) is 1. The number of rotatable bonds is 9. The van der Waals surface area contributed by atoms with Crippen LogP contribution in [-0.4, -0.2) is 42.8 Å². The monoisotopic (exact) mass is 478 g/mol. The molecule has 0 saturated heterocycles. The molecule has 2 amide bonds. The summed E-state index contributed by atoms with van der Waals surface area (Å²) in [6, 6.07) is 16.3. The number of carboxylic acid groups (broad SMARTS) is 1. The van der Waals surface area contributed by atoms with Crippen LogP contribution in [0.3, 0.4) is 0 Å². The quantitative estimate of drug-likeness (QED) is 0.490. The Morgan fingerprint density at radius 3 is 2.23 bits per heavy atom. The standard InChI is InChI=1S/C28H34N2O5/c1-3-28(2,26(33)29-15-18-9-8-14-19(18)25(31)32)17-30-27(34)35-16-24-22-12-6-4-10-20(22)21-11-5-7-13-23(21)24/h4-7,10-13,18-19,24H,3,8-9,14-17H2,1-2H3,(H,29,33)(H,30,34)(H,31,32). The van der Waals surface area contributed by atoms with E-state index < -0.39 is 23.4 Å². The number of benzene rings is 2. The molecule has 3 unspecified atom stereocenters. The molecule has 186 valence electrons. The molecule has 2 aliphatic carbocycles. The third-order valence-corrected chi connectivity index (χ3v) is 7.80. The Morgan fingerprint density at radius 1 is 1.00 bits per heavy atom. The van der Waals surface area contributed by atoms with Gasteiger partial charge in [-0.3, -0.25) is 9.59 Å². The van der Waals surface area contributed by atoms with E-state index >= 15 is 0 Å². The molecule has 3 atom stereocenters. The maximum Gasteiger partial charge on any atom is 0.407 e. The van der Waals surface area contributed by atoms with Crippen LogP contribution in [0.2, 0.25) is 0 Å². The molecule has 0 heterocycles. The van der Waals surface area contributed by atoms with Gasteiger partial charge >= 0.3 is 12.1 Å². The molecule has 4 rings (SSSR count). The van der Waals surface area contributed by atoms with E-state index in [0.29, 0.717) is 19.4 Å². The normalized spacial score (nSPS) is 20.4. The van der Waals surface area contributed by atoms with Crippen LogP contribution < -0.4 is 10.6 Å². The molecule has 0 spiro atoms. The molecule has 2 aromatic rings. The number of fused-ring (bicyclic) bond motifs is 3. The van der Waals surface area contributed by atoms with Gasteiger partial charge in [0, 0.05) is 19.0 Å². The van der Waals surface area contributed by atoms with Crippen molar-refractivity contribution in [2.24, 2.45) is 17.3 Å². The second kappa shape index (κ2) is 10.5. The van der Waals surface area contributed by atoms with E-state index in [9.17, 15) is 19.5 Å². The molecular weight excluding hydrogens is 444 g/mol. The number of ether oxygens (including phenoxy) is 1. The molecule has 2 aromatic carbocycles. The first-order valence-corrected chi connectivity index (χ1v) is 12.4. The van der Waals surface area contributed by atoms with Crippen LogP contribution in [-0.2, 0) is 14.3 Å². The lowest BCUT2D eigenvalue weighted by molar-refractivity contribution is -0.143. The fourth-order valence-corrected chi connectivity index (χ4v) is 5.33. The van der Waals surface area contributed by atoms with Crippen LogP contribution in [0.4, 0.5) is 4.79 Å². The highest BCUT2D eigenvalue weighted by molar-refractivity contribution is 5.83. The van der Waals surface area contributed by atoms with Crippen molar-refractivity contribution in [2.45, 2.75) is 45.4 Å². The maximum absolute atomic E-state index is 12.9. The Hall–Kier alpha value is -3.35. The predicted octanol–water partition coefficient (Wildman–Crippen LogP) is 4.56. The van der Waals surface area contributed by atoms with Crippen molar-refractivity contribution >= 4 is 18.0 Å². The third kappa shape index (κ3) is 5.19. The number of hydrogen-bond donors (Lipinski definition) is 3. The van der Waals surface area contributed by atoms with Gasteiger partial charge in [0.25, 0.3) is 0 Å². The summed E-state index contributed by atoms with van der Waals surface area (Å²) in [5.74, 6) is -1.45. The van der Waals surface area contributed by atoms with E-state index in [1.54, 1.807) is 6.92 Å². The lowest BCUT2D eigenvalue weighted by Gasteiger charge is -2.28. The Bertz CT molecular complexity index is 1050. The summed E-state index contributed by atoms with van der Waals surface area (Å²) in [7, 11) is 0. The number of nitrogens with one attached hydrogen (secondary N) is 2. The molecule has 0 aliphatic heterocycles. The van der Waals surface area contributed by atoms with Crippen molar-refractivity contribution in [1.82, 2.24) is 10.6 Å². The molecular formula is C28H34N2O5. The van der Waals surface area contributed by atoms with Gasteiger partial charge in [0.05, 0.1) is 11.3 Å². The van der Waals surface area contributed by atoms with E-state index in [1.807, 2.05) is 31.2 Å². The zero-order valence-electron chi connectivity index (χ0n) is 20.4. The van der Waals surface area contributed by atoms with E-state index in [4.69, 9.17) is 4.74 Å². The summed E-state index contributed by atoms with van der Waals surface area (Å²) in [6.45, 7) is 4.40. The van der Waals surface area contributed by atoms with Gasteiger partial charge in [-0.2, -0.15) is 0 Å². The van der Waals surface area contributed by atoms with Gasteiger partial charge in [0.2, 0.25) is 5.91 Å². The van der Waals surface area contributed by atoms with Crippen LogP contribution in [0.1, 0.15) is 56.6 Å². The van der Waals surface area contributed by atoms with Gasteiger partial charge in [-0.15, -0.1) is 0 Å². The molecule has 1 saturated carbocycles. The highest BCUT2D eigenvalue weighted by atomic mass is 16.5. The summed E-state index contributed by atoms with van der Waals surface area (Å²) in [5, 5.41) is 15.1. The summed E-state index contributed by atoms with van der Waals surface area (Å²) in [6.07, 6.45) is 2.30. The number of amides is 2. The SMILES string of the molecule is CCC(C)(CNC(=O)OCC1c2ccccc2-c2ccccc21)C(=O)NCC1CCCC1C(=O)O. The lowest BCUT2D eigenvalue weighted by atomic mass is 9.86. The Morgan fingerprint density at radius 2 is 1.63 bits per heavy atom. The summed E-state index contributed by atoms with van der Waals surface area (Å²) < 4.78 is 5.59. The first kappa shape index (κ1) is 24.8. The second-order valence-electron chi connectivity index (χ2n) is 9.94. The van der Waals surface area contributed by atoms with Crippen LogP contribution in [0.25, 0.3) is 11.1 Å². The Labute approximate surface area is 206 Å². The number of carbonyl (C=O) groups excluding carboxylic acids is 2. The van der Waals surface area contributed by atoms with Crippen LogP contribution in [0, 0.1) is 17.3 Å². The van der Waals surface area contributed by atoms with E-state index in [2.05, 4.69) is 34.9 Å². The van der Waals surface area contributed by atoms with Crippen LogP contribution in [0.5, 0.6) is 0 Å². The predicted molar refractivity (Wildman–Crippen MR) is 133 cm³/mol. The van der Waals surface area contributed by atoms with Crippen molar-refractivity contribution in [2.75, 3.05) is 19.7 Å². The minimum absolute atomic E-state index is 0.0254. The molecule has 1 fully saturated rings. The fourth-order valence-electron chi connectivity index (χ4n) is 5.33.